The van der Waals surface area contributed by atoms with Gasteiger partial charge < -0.3 is 15.4 Å². The zero-order chi connectivity index (χ0) is 14.8. The maximum atomic E-state index is 12.6. The molecule has 5 nitrogen and oxygen atoms in total. The van der Waals surface area contributed by atoms with Crippen LogP contribution >= 0.6 is 0 Å². The largest absolute Gasteiger partial charge is 0.369 e. The molecule has 2 rings (SSSR count). The molecular weight excluding hydrogens is 254 g/mol. The first-order valence-corrected chi connectivity index (χ1v) is 7.84. The molecule has 0 aromatic heterocycles. The highest BCUT2D eigenvalue weighted by atomic mass is 16.5. The number of hydrogen-bond acceptors (Lipinski definition) is 4. The first-order chi connectivity index (χ1) is 9.50. The van der Waals surface area contributed by atoms with E-state index < -0.39 is 5.60 Å². The van der Waals surface area contributed by atoms with Crippen LogP contribution in [0.1, 0.15) is 39.5 Å². The molecule has 0 aromatic rings. The lowest BCUT2D eigenvalue weighted by molar-refractivity contribution is -0.152. The third-order valence-electron chi connectivity index (χ3n) is 5.12. The average molecular weight is 283 g/mol. The maximum absolute atomic E-state index is 12.6. The number of carbonyl (C=O) groups excluding carboxylic acids is 1. The summed E-state index contributed by atoms with van der Waals surface area (Å²) in [6.45, 7) is 7.73. The molecule has 0 radical (unpaired) electrons. The molecule has 2 heterocycles. The number of rotatable bonds is 4. The lowest BCUT2D eigenvalue weighted by Gasteiger charge is -2.35. The average Bonchev–Trinajstić information content (AvgIpc) is 2.96. The van der Waals surface area contributed by atoms with Gasteiger partial charge in [-0.05, 0) is 45.7 Å². The molecular formula is C15H29N3O2. The second kappa shape index (κ2) is 6.41. The van der Waals surface area contributed by atoms with Gasteiger partial charge in [0.15, 0.2) is 0 Å². The Labute approximate surface area is 122 Å². The fourth-order valence-electron chi connectivity index (χ4n) is 3.23. The third-order valence-corrected chi connectivity index (χ3v) is 5.12. The van der Waals surface area contributed by atoms with E-state index in [2.05, 4.69) is 4.90 Å². The second-order valence-electron chi connectivity index (χ2n) is 6.36. The number of carbonyl (C=O) groups is 1. The van der Waals surface area contributed by atoms with Crippen molar-refractivity contribution in [1.82, 2.24) is 9.80 Å². The standard InChI is InChI=1S/C15H29N3O2/c1-4-15(2,20-3)14(19)18-10-7-13(11-18)17-8-5-12(16)6-9-17/h12-13H,4-11,16H2,1-3H3. The highest BCUT2D eigenvalue weighted by Gasteiger charge is 2.39. The molecule has 0 spiro atoms. The topological polar surface area (TPSA) is 58.8 Å². The molecule has 20 heavy (non-hydrogen) atoms. The van der Waals surface area contributed by atoms with Crippen molar-refractivity contribution in [1.29, 1.82) is 0 Å². The first-order valence-electron chi connectivity index (χ1n) is 7.84. The van der Waals surface area contributed by atoms with Crippen molar-refractivity contribution in [2.75, 3.05) is 33.3 Å². The zero-order valence-corrected chi connectivity index (χ0v) is 13.1. The van der Waals surface area contributed by atoms with E-state index in [0.717, 1.165) is 45.4 Å². The highest BCUT2D eigenvalue weighted by Crippen LogP contribution is 2.24. The fourth-order valence-corrected chi connectivity index (χ4v) is 3.23. The van der Waals surface area contributed by atoms with E-state index in [1.54, 1.807) is 7.11 Å². The Bertz CT molecular complexity index is 336. The van der Waals surface area contributed by atoms with Gasteiger partial charge in [-0.3, -0.25) is 9.69 Å². The molecule has 1 amide bonds. The lowest BCUT2D eigenvalue weighted by Crippen LogP contribution is -2.49. The van der Waals surface area contributed by atoms with E-state index in [0.29, 0.717) is 18.5 Å². The van der Waals surface area contributed by atoms with Crippen LogP contribution in [0, 0.1) is 0 Å². The van der Waals surface area contributed by atoms with Crippen molar-refractivity contribution in [3.63, 3.8) is 0 Å². The molecule has 2 aliphatic rings. The Kier molecular flexibility index (Phi) is 5.04. The molecule has 2 atom stereocenters. The predicted molar refractivity (Wildman–Crippen MR) is 79.5 cm³/mol. The summed E-state index contributed by atoms with van der Waals surface area (Å²) in [5.41, 5.74) is 5.29. The van der Waals surface area contributed by atoms with E-state index in [1.165, 1.54) is 0 Å². The minimum atomic E-state index is -0.668. The minimum absolute atomic E-state index is 0.138. The first kappa shape index (κ1) is 15.7. The van der Waals surface area contributed by atoms with Gasteiger partial charge in [0.1, 0.15) is 5.60 Å². The van der Waals surface area contributed by atoms with Gasteiger partial charge in [-0.2, -0.15) is 0 Å². The van der Waals surface area contributed by atoms with Crippen LogP contribution < -0.4 is 5.73 Å². The van der Waals surface area contributed by atoms with Crippen LogP contribution in [0.15, 0.2) is 0 Å². The molecule has 2 fully saturated rings. The minimum Gasteiger partial charge on any atom is -0.369 e. The zero-order valence-electron chi connectivity index (χ0n) is 13.1. The Morgan fingerprint density at radius 3 is 2.50 bits per heavy atom. The third kappa shape index (κ3) is 3.15. The number of ether oxygens (including phenoxy) is 1. The smallest absolute Gasteiger partial charge is 0.254 e. The summed E-state index contributed by atoms with van der Waals surface area (Å²) in [5.74, 6) is 0.138. The van der Waals surface area contributed by atoms with Crippen molar-refractivity contribution in [2.24, 2.45) is 5.73 Å². The molecule has 2 unspecified atom stereocenters. The molecule has 0 bridgehead atoms. The number of nitrogens with zero attached hydrogens (tertiary/aromatic N) is 2. The number of likely N-dealkylation sites (tertiary alicyclic amines) is 2. The number of amides is 1. The van der Waals surface area contributed by atoms with Crippen LogP contribution in [-0.4, -0.2) is 66.7 Å². The summed E-state index contributed by atoms with van der Waals surface area (Å²) < 4.78 is 5.43. The van der Waals surface area contributed by atoms with Crippen LogP contribution in [0.4, 0.5) is 0 Å². The Morgan fingerprint density at radius 2 is 1.95 bits per heavy atom. The molecule has 0 aromatic carbocycles. The molecule has 0 aliphatic carbocycles. The van der Waals surface area contributed by atoms with Gasteiger partial charge in [-0.1, -0.05) is 6.92 Å². The van der Waals surface area contributed by atoms with Crippen molar-refractivity contribution in [3.8, 4) is 0 Å². The number of hydrogen-bond donors (Lipinski definition) is 1. The van der Waals surface area contributed by atoms with E-state index in [4.69, 9.17) is 10.5 Å². The van der Waals surface area contributed by atoms with Crippen molar-refractivity contribution >= 4 is 5.91 Å². The van der Waals surface area contributed by atoms with Crippen molar-refractivity contribution in [2.45, 2.75) is 57.2 Å². The quantitative estimate of drug-likeness (QED) is 0.830. The van der Waals surface area contributed by atoms with E-state index >= 15 is 0 Å². The van der Waals surface area contributed by atoms with Crippen LogP contribution in [-0.2, 0) is 9.53 Å². The molecule has 116 valence electrons. The maximum Gasteiger partial charge on any atom is 0.254 e. The monoisotopic (exact) mass is 283 g/mol. The summed E-state index contributed by atoms with van der Waals surface area (Å²) in [7, 11) is 1.63. The summed E-state index contributed by atoms with van der Waals surface area (Å²) in [6.07, 6.45) is 3.94. The van der Waals surface area contributed by atoms with E-state index in [-0.39, 0.29) is 5.91 Å². The van der Waals surface area contributed by atoms with Crippen molar-refractivity contribution < 1.29 is 9.53 Å². The number of nitrogens with two attached hydrogens (primary N) is 1. The van der Waals surface area contributed by atoms with Gasteiger partial charge in [0.05, 0.1) is 0 Å². The van der Waals surface area contributed by atoms with Crippen LogP contribution in [0.2, 0.25) is 0 Å². The Morgan fingerprint density at radius 1 is 1.30 bits per heavy atom. The van der Waals surface area contributed by atoms with Gasteiger partial charge in [-0.25, -0.2) is 0 Å². The van der Waals surface area contributed by atoms with Crippen LogP contribution in [0.25, 0.3) is 0 Å². The molecule has 2 saturated heterocycles. The lowest BCUT2D eigenvalue weighted by atomic mass is 10.0. The van der Waals surface area contributed by atoms with Crippen LogP contribution in [0.3, 0.4) is 0 Å². The molecule has 5 heteroatoms. The highest BCUT2D eigenvalue weighted by molar-refractivity contribution is 5.85. The second-order valence-corrected chi connectivity index (χ2v) is 6.36. The SMILES string of the molecule is CCC(C)(OC)C(=O)N1CCC(N2CCC(N)CC2)C1. The normalized spacial score (nSPS) is 28.6. The van der Waals surface area contributed by atoms with Gasteiger partial charge in [-0.15, -0.1) is 0 Å². The molecule has 2 aliphatic heterocycles. The Balaban J connectivity index is 1.90. The van der Waals surface area contributed by atoms with Crippen LogP contribution in [0.5, 0.6) is 0 Å². The fraction of sp³-hybridized carbons (Fsp3) is 0.933. The summed E-state index contributed by atoms with van der Waals surface area (Å²) >= 11 is 0. The molecule has 0 saturated carbocycles. The van der Waals surface area contributed by atoms with Gasteiger partial charge >= 0.3 is 0 Å². The van der Waals surface area contributed by atoms with E-state index in [1.807, 2.05) is 18.7 Å². The van der Waals surface area contributed by atoms with Gasteiger partial charge in [0.2, 0.25) is 0 Å². The molecule has 2 N–H and O–H groups in total. The summed E-state index contributed by atoms with van der Waals surface area (Å²) in [6, 6.07) is 0.867. The van der Waals surface area contributed by atoms with Gasteiger partial charge in [0, 0.05) is 32.3 Å². The Hall–Kier alpha value is -0.650. The predicted octanol–water partition coefficient (Wildman–Crippen LogP) is 0.826. The van der Waals surface area contributed by atoms with Gasteiger partial charge in [0.25, 0.3) is 5.91 Å². The summed E-state index contributed by atoms with van der Waals surface area (Å²) in [4.78, 5) is 17.1. The number of piperidine rings is 1. The number of methoxy groups -OCH3 is 1. The van der Waals surface area contributed by atoms with Crippen molar-refractivity contribution in [3.05, 3.63) is 0 Å². The van der Waals surface area contributed by atoms with E-state index in [9.17, 15) is 4.79 Å². The summed E-state index contributed by atoms with van der Waals surface area (Å²) in [5, 5.41) is 0.